The molecule has 0 aromatic rings. The van der Waals surface area contributed by atoms with E-state index in [1.807, 2.05) is 0 Å². The zero-order chi connectivity index (χ0) is 0. The quantitative estimate of drug-likeness (QED) is 0.240. The molecule has 0 amide bonds. The van der Waals surface area contributed by atoms with Gasteiger partial charge in [0, 0.05) is 0 Å². The maximum absolute atomic E-state index is 0. The van der Waals surface area contributed by atoms with Gasteiger partial charge in [0.2, 0.25) is 0 Å². The molecule has 0 N–H and O–H groups in total. The SMILES string of the molecule is [Bi+5].[Br-].[Br-].[Br-].[Br-].[Br-]. The number of hydrogen-bond acceptors (Lipinski definition) is 0. The van der Waals surface area contributed by atoms with Crippen LogP contribution in [0.4, 0.5) is 0 Å². The Morgan fingerprint density at radius 3 is 0.333 bits per heavy atom. The van der Waals surface area contributed by atoms with Crippen LogP contribution in [0.3, 0.4) is 0 Å². The summed E-state index contributed by atoms with van der Waals surface area (Å²) < 4.78 is 0. The van der Waals surface area contributed by atoms with Gasteiger partial charge in [-0.1, -0.05) is 0 Å². The average molecular weight is 608 g/mol. The molecule has 0 unspecified atom stereocenters. The molecule has 0 saturated heterocycles. The van der Waals surface area contributed by atoms with E-state index in [9.17, 15) is 0 Å². The third kappa shape index (κ3) is 26.7. The van der Waals surface area contributed by atoms with E-state index in [1.54, 1.807) is 0 Å². The molecule has 0 aromatic heterocycles. The molecule has 0 bridgehead atoms. The van der Waals surface area contributed by atoms with E-state index in [1.165, 1.54) is 0 Å². The van der Waals surface area contributed by atoms with Gasteiger partial charge in [0.1, 0.15) is 0 Å². The molecular formula is BiBr5. The van der Waals surface area contributed by atoms with Gasteiger partial charge in [0.05, 0.1) is 0 Å². The molecule has 0 aromatic carbocycles. The van der Waals surface area contributed by atoms with E-state index in [0.717, 1.165) is 0 Å². The average Bonchev–Trinajstić information content (AvgIpc) is 0. The Balaban J connectivity index is 0. The summed E-state index contributed by atoms with van der Waals surface area (Å²) >= 11 is 0. The van der Waals surface area contributed by atoms with Gasteiger partial charge in [-0.2, -0.15) is 0 Å². The Labute approximate surface area is 109 Å². The standard InChI is InChI=1S/Bi.5BrH/h;5*1H/q+5;;;;;/p-5. The van der Waals surface area contributed by atoms with Crippen LogP contribution in [0.1, 0.15) is 0 Å². The van der Waals surface area contributed by atoms with E-state index in [2.05, 4.69) is 0 Å². The topological polar surface area (TPSA) is 0 Å². The van der Waals surface area contributed by atoms with Crippen molar-refractivity contribution in [1.29, 1.82) is 0 Å². The molecule has 0 aliphatic carbocycles. The molecule has 0 aliphatic heterocycles. The fraction of sp³-hybridized carbons (Fsp3) is 0. The Morgan fingerprint density at radius 1 is 0.333 bits per heavy atom. The Morgan fingerprint density at radius 2 is 0.333 bits per heavy atom. The number of hydrogen-bond donors (Lipinski definition) is 0. The molecule has 0 heterocycles. The van der Waals surface area contributed by atoms with Crippen molar-refractivity contribution in [1.82, 2.24) is 0 Å². The van der Waals surface area contributed by atoms with Crippen molar-refractivity contribution in [2.45, 2.75) is 0 Å². The van der Waals surface area contributed by atoms with E-state index >= 15 is 0 Å². The van der Waals surface area contributed by atoms with Gasteiger partial charge in [0.15, 0.2) is 0 Å². The Bertz CT molecular complexity index is 3.90. The third-order valence-corrected chi connectivity index (χ3v) is 0. The minimum Gasteiger partial charge on any atom is -1.00 e. The van der Waals surface area contributed by atoms with Gasteiger partial charge >= 0.3 is 26.2 Å². The van der Waals surface area contributed by atoms with Gasteiger partial charge in [0.25, 0.3) is 0 Å². The fourth-order valence-electron chi connectivity index (χ4n) is 0. The van der Waals surface area contributed by atoms with Gasteiger partial charge in [-0.05, 0) is 0 Å². The molecule has 40 valence electrons. The first kappa shape index (κ1) is 59.1. The summed E-state index contributed by atoms with van der Waals surface area (Å²) in [4.78, 5) is 0. The van der Waals surface area contributed by atoms with Crippen LogP contribution in [-0.2, 0) is 0 Å². The molecule has 0 radical (unpaired) electrons. The summed E-state index contributed by atoms with van der Waals surface area (Å²) in [6.45, 7) is 0. The van der Waals surface area contributed by atoms with Crippen molar-refractivity contribution in [3.8, 4) is 0 Å². The largest absolute Gasteiger partial charge is 5.00 e. The molecule has 0 fully saturated rings. The first-order chi connectivity index (χ1) is 0. The normalized spacial score (nSPS) is 0. The van der Waals surface area contributed by atoms with E-state index in [-0.39, 0.29) is 111 Å². The van der Waals surface area contributed by atoms with Crippen LogP contribution in [0.25, 0.3) is 0 Å². The van der Waals surface area contributed by atoms with Crippen molar-refractivity contribution in [3.05, 3.63) is 0 Å². The molecule has 0 spiro atoms. The second kappa shape index (κ2) is 40.8. The zero-order valence-corrected chi connectivity index (χ0v) is 13.7. The van der Waals surface area contributed by atoms with Crippen LogP contribution in [0, 0.1) is 0 Å². The van der Waals surface area contributed by atoms with Crippen LogP contribution >= 0.6 is 0 Å². The molecule has 0 nitrogen and oxygen atoms in total. The van der Waals surface area contributed by atoms with Crippen LogP contribution in [0.15, 0.2) is 0 Å². The van der Waals surface area contributed by atoms with Crippen molar-refractivity contribution in [3.63, 3.8) is 0 Å². The van der Waals surface area contributed by atoms with Crippen molar-refractivity contribution in [2.24, 2.45) is 0 Å². The smallest absolute Gasteiger partial charge is 1.00 e. The molecular weight excluding hydrogens is 608 g/mol. The predicted octanol–water partition coefficient (Wildman–Crippen LogP) is -15.4. The van der Waals surface area contributed by atoms with Gasteiger partial charge in [-0.25, -0.2) is 0 Å². The summed E-state index contributed by atoms with van der Waals surface area (Å²) in [7, 11) is 0. The minimum atomic E-state index is 0. The fourth-order valence-corrected chi connectivity index (χ4v) is 0. The minimum absolute atomic E-state index is 0. The van der Waals surface area contributed by atoms with Crippen molar-refractivity contribution in [2.75, 3.05) is 0 Å². The van der Waals surface area contributed by atoms with Crippen LogP contribution in [0.2, 0.25) is 0 Å². The molecule has 0 saturated carbocycles. The maximum atomic E-state index is 0. The Kier molecular flexibility index (Phi) is 401. The first-order valence-electron chi connectivity index (χ1n) is 0. The summed E-state index contributed by atoms with van der Waals surface area (Å²) in [6.07, 6.45) is 0. The second-order valence-electron chi connectivity index (χ2n) is 0. The van der Waals surface area contributed by atoms with E-state index in [4.69, 9.17) is 0 Å². The molecule has 6 heteroatoms. The molecule has 6 heavy (non-hydrogen) atoms. The molecule has 0 aliphatic rings. The van der Waals surface area contributed by atoms with Gasteiger partial charge in [-0.3, -0.25) is 0 Å². The summed E-state index contributed by atoms with van der Waals surface area (Å²) in [5.41, 5.74) is 0. The van der Waals surface area contributed by atoms with Crippen molar-refractivity contribution < 1.29 is 84.9 Å². The van der Waals surface area contributed by atoms with Gasteiger partial charge in [-0.15, -0.1) is 0 Å². The zero-order valence-electron chi connectivity index (χ0n) is 2.34. The maximum Gasteiger partial charge on any atom is 5.00 e. The van der Waals surface area contributed by atoms with Crippen LogP contribution < -0.4 is 84.9 Å². The summed E-state index contributed by atoms with van der Waals surface area (Å²) in [5, 5.41) is 0. The monoisotopic (exact) mass is 604 g/mol. The number of rotatable bonds is 0. The van der Waals surface area contributed by atoms with Crippen LogP contribution in [0.5, 0.6) is 0 Å². The molecule has 0 atom stereocenters. The third-order valence-electron chi connectivity index (χ3n) is 0. The van der Waals surface area contributed by atoms with Gasteiger partial charge < -0.3 is 84.9 Å². The second-order valence-corrected chi connectivity index (χ2v) is 0. The van der Waals surface area contributed by atoms with Crippen molar-refractivity contribution >= 4 is 26.2 Å². The van der Waals surface area contributed by atoms with Crippen LogP contribution in [-0.4, -0.2) is 26.2 Å². The Hall–Kier alpha value is 3.28. The molecule has 0 rings (SSSR count). The number of halogens is 5. The van der Waals surface area contributed by atoms with E-state index in [0.29, 0.717) is 0 Å². The first-order valence-corrected chi connectivity index (χ1v) is 0. The summed E-state index contributed by atoms with van der Waals surface area (Å²) in [5.74, 6) is 0. The van der Waals surface area contributed by atoms with E-state index < -0.39 is 0 Å². The summed E-state index contributed by atoms with van der Waals surface area (Å²) in [6, 6.07) is 0. The predicted molar refractivity (Wildman–Crippen MR) is 5.75 cm³/mol.